The normalized spacial score (nSPS) is 37.6. The van der Waals surface area contributed by atoms with Gasteiger partial charge in [0.15, 0.2) is 0 Å². The van der Waals surface area contributed by atoms with Gasteiger partial charge in [-0.15, -0.1) is 0 Å². The number of fused-ring (bicyclic) bond motifs is 3. The molecule has 0 aromatic heterocycles. The highest BCUT2D eigenvalue weighted by Crippen LogP contribution is 2.27. The van der Waals surface area contributed by atoms with Crippen molar-refractivity contribution < 1.29 is 9.53 Å². The van der Waals surface area contributed by atoms with E-state index in [0.717, 1.165) is 32.2 Å². The van der Waals surface area contributed by atoms with Crippen LogP contribution in [0.5, 0.6) is 0 Å². The second-order valence-electron chi connectivity index (χ2n) is 8.48. The SMILES string of the molecule is CC(C)(C)OC(=O)C1CCC(NCC2CN3CCN2CC3)CC1. The van der Waals surface area contributed by atoms with Crippen molar-refractivity contribution in [3.8, 4) is 0 Å². The third-order valence-corrected chi connectivity index (χ3v) is 5.50. The molecule has 0 spiro atoms. The summed E-state index contributed by atoms with van der Waals surface area (Å²) >= 11 is 0. The van der Waals surface area contributed by atoms with Crippen LogP contribution in [0.1, 0.15) is 46.5 Å². The summed E-state index contributed by atoms with van der Waals surface area (Å²) in [6.45, 7) is 13.1. The van der Waals surface area contributed by atoms with E-state index in [4.69, 9.17) is 4.74 Å². The Labute approximate surface area is 140 Å². The van der Waals surface area contributed by atoms with Gasteiger partial charge in [-0.1, -0.05) is 0 Å². The van der Waals surface area contributed by atoms with Gasteiger partial charge in [-0.25, -0.2) is 0 Å². The molecule has 3 aliphatic heterocycles. The van der Waals surface area contributed by atoms with Crippen LogP contribution in [0, 0.1) is 5.92 Å². The van der Waals surface area contributed by atoms with Crippen molar-refractivity contribution in [1.29, 1.82) is 0 Å². The summed E-state index contributed by atoms with van der Waals surface area (Å²) in [6, 6.07) is 1.26. The number of esters is 1. The molecule has 4 fully saturated rings. The van der Waals surface area contributed by atoms with Crippen LogP contribution in [0.25, 0.3) is 0 Å². The van der Waals surface area contributed by atoms with E-state index >= 15 is 0 Å². The topological polar surface area (TPSA) is 44.8 Å². The van der Waals surface area contributed by atoms with Crippen molar-refractivity contribution in [3.05, 3.63) is 0 Å². The largest absolute Gasteiger partial charge is 0.460 e. The van der Waals surface area contributed by atoms with Gasteiger partial charge in [-0.3, -0.25) is 14.6 Å². The maximum atomic E-state index is 12.2. The molecule has 0 amide bonds. The first kappa shape index (κ1) is 17.2. The lowest BCUT2D eigenvalue weighted by molar-refractivity contribution is -0.161. The molecular weight excluding hydrogens is 290 g/mol. The minimum absolute atomic E-state index is 0.000508. The first-order chi connectivity index (χ1) is 10.9. The van der Waals surface area contributed by atoms with Gasteiger partial charge in [0.05, 0.1) is 5.92 Å². The number of carbonyl (C=O) groups is 1. The van der Waals surface area contributed by atoms with Gasteiger partial charge in [-0.2, -0.15) is 0 Å². The van der Waals surface area contributed by atoms with E-state index in [9.17, 15) is 4.79 Å². The van der Waals surface area contributed by atoms with E-state index < -0.39 is 0 Å². The molecule has 0 radical (unpaired) electrons. The molecule has 0 aromatic rings. The Morgan fingerprint density at radius 1 is 1.09 bits per heavy atom. The summed E-state index contributed by atoms with van der Waals surface area (Å²) in [6.07, 6.45) is 4.13. The zero-order valence-corrected chi connectivity index (χ0v) is 15.0. The molecule has 3 saturated heterocycles. The molecule has 4 rings (SSSR count). The van der Waals surface area contributed by atoms with Gasteiger partial charge in [0.2, 0.25) is 0 Å². The average Bonchev–Trinajstić information content (AvgIpc) is 2.53. The van der Waals surface area contributed by atoms with Crippen molar-refractivity contribution in [3.63, 3.8) is 0 Å². The highest BCUT2D eigenvalue weighted by Gasteiger charge is 2.33. The molecule has 5 heteroatoms. The third kappa shape index (κ3) is 4.68. The minimum Gasteiger partial charge on any atom is -0.460 e. The summed E-state index contributed by atoms with van der Waals surface area (Å²) in [5.41, 5.74) is -0.365. The van der Waals surface area contributed by atoms with Crippen LogP contribution in [0.4, 0.5) is 0 Å². The molecule has 2 bridgehead atoms. The lowest BCUT2D eigenvalue weighted by Crippen LogP contribution is -2.63. The maximum absolute atomic E-state index is 12.2. The molecule has 1 unspecified atom stereocenters. The van der Waals surface area contributed by atoms with Crippen molar-refractivity contribution in [2.24, 2.45) is 5.92 Å². The van der Waals surface area contributed by atoms with E-state index in [1.54, 1.807) is 0 Å². The minimum atomic E-state index is -0.365. The fraction of sp³-hybridized carbons (Fsp3) is 0.944. The zero-order valence-electron chi connectivity index (χ0n) is 15.0. The lowest BCUT2D eigenvalue weighted by Gasteiger charge is -2.48. The van der Waals surface area contributed by atoms with Crippen LogP contribution in [-0.2, 0) is 9.53 Å². The number of nitrogens with one attached hydrogen (secondary N) is 1. The van der Waals surface area contributed by atoms with Crippen molar-refractivity contribution >= 4 is 5.97 Å². The summed E-state index contributed by atoms with van der Waals surface area (Å²) < 4.78 is 5.53. The molecular formula is C18H33N3O2. The highest BCUT2D eigenvalue weighted by molar-refractivity contribution is 5.73. The number of piperazine rings is 3. The van der Waals surface area contributed by atoms with Crippen LogP contribution in [0.15, 0.2) is 0 Å². The first-order valence-electron chi connectivity index (χ1n) is 9.33. The molecule has 1 saturated carbocycles. The first-order valence-corrected chi connectivity index (χ1v) is 9.33. The average molecular weight is 323 g/mol. The van der Waals surface area contributed by atoms with Gasteiger partial charge in [0.25, 0.3) is 0 Å². The molecule has 3 heterocycles. The van der Waals surface area contributed by atoms with Gasteiger partial charge in [0, 0.05) is 51.4 Å². The van der Waals surface area contributed by atoms with Crippen LogP contribution < -0.4 is 5.32 Å². The fourth-order valence-corrected chi connectivity index (χ4v) is 4.14. The Morgan fingerprint density at radius 2 is 1.74 bits per heavy atom. The predicted octanol–water partition coefficient (Wildman–Crippen LogP) is 1.48. The van der Waals surface area contributed by atoms with Crippen LogP contribution in [0.3, 0.4) is 0 Å². The monoisotopic (exact) mass is 323 g/mol. The van der Waals surface area contributed by atoms with Crippen LogP contribution in [-0.4, -0.2) is 72.7 Å². The molecule has 132 valence electrons. The van der Waals surface area contributed by atoms with Crippen molar-refractivity contribution in [2.75, 3.05) is 39.3 Å². The quantitative estimate of drug-likeness (QED) is 0.794. The summed E-state index contributed by atoms with van der Waals surface area (Å²) in [5, 5.41) is 3.76. The lowest BCUT2D eigenvalue weighted by atomic mass is 9.86. The molecule has 0 aromatic carbocycles. The van der Waals surface area contributed by atoms with Gasteiger partial charge < -0.3 is 10.1 Å². The van der Waals surface area contributed by atoms with E-state index in [-0.39, 0.29) is 17.5 Å². The second-order valence-corrected chi connectivity index (χ2v) is 8.48. The van der Waals surface area contributed by atoms with Crippen LogP contribution in [0.2, 0.25) is 0 Å². The zero-order chi connectivity index (χ0) is 16.4. The van der Waals surface area contributed by atoms with Crippen molar-refractivity contribution in [2.45, 2.75) is 64.1 Å². The molecule has 5 nitrogen and oxygen atoms in total. The van der Waals surface area contributed by atoms with E-state index in [1.807, 2.05) is 20.8 Å². The Kier molecular flexibility index (Phi) is 5.29. The van der Waals surface area contributed by atoms with E-state index in [0.29, 0.717) is 12.1 Å². The Morgan fingerprint density at radius 3 is 2.26 bits per heavy atom. The summed E-state index contributed by atoms with van der Waals surface area (Å²) in [4.78, 5) is 17.4. The third-order valence-electron chi connectivity index (χ3n) is 5.50. The smallest absolute Gasteiger partial charge is 0.309 e. The maximum Gasteiger partial charge on any atom is 0.309 e. The molecule has 1 aliphatic carbocycles. The Hall–Kier alpha value is -0.650. The Bertz CT molecular complexity index is 405. The highest BCUT2D eigenvalue weighted by atomic mass is 16.6. The predicted molar refractivity (Wildman–Crippen MR) is 91.4 cm³/mol. The molecule has 4 aliphatic rings. The number of rotatable bonds is 4. The van der Waals surface area contributed by atoms with Gasteiger partial charge in [-0.05, 0) is 46.5 Å². The Balaban J connectivity index is 1.37. The number of hydrogen-bond donors (Lipinski definition) is 1. The number of nitrogens with zero attached hydrogens (tertiary/aromatic N) is 2. The molecule has 1 N–H and O–H groups in total. The summed E-state index contributed by atoms with van der Waals surface area (Å²) in [5.74, 6) is 0.104. The fourth-order valence-electron chi connectivity index (χ4n) is 4.14. The van der Waals surface area contributed by atoms with Gasteiger partial charge >= 0.3 is 5.97 Å². The number of hydrogen-bond acceptors (Lipinski definition) is 5. The van der Waals surface area contributed by atoms with Crippen molar-refractivity contribution in [1.82, 2.24) is 15.1 Å². The van der Waals surface area contributed by atoms with Gasteiger partial charge in [0.1, 0.15) is 5.60 Å². The van der Waals surface area contributed by atoms with E-state index in [1.165, 1.54) is 32.7 Å². The number of carbonyl (C=O) groups excluding carboxylic acids is 1. The standard InChI is InChI=1S/C18H33N3O2/c1-18(2,3)23-17(22)14-4-6-15(7-5-14)19-12-16-13-20-8-10-21(16)11-9-20/h14-16,19H,4-13H2,1-3H3. The van der Waals surface area contributed by atoms with E-state index in [2.05, 4.69) is 15.1 Å². The molecule has 1 atom stereocenters. The number of ether oxygens (including phenoxy) is 1. The molecule has 23 heavy (non-hydrogen) atoms. The second kappa shape index (κ2) is 7.08. The summed E-state index contributed by atoms with van der Waals surface area (Å²) in [7, 11) is 0. The van der Waals surface area contributed by atoms with Crippen LogP contribution >= 0.6 is 0 Å².